The molecule has 0 N–H and O–H groups in total. The average Bonchev–Trinajstić information content (AvgIpc) is 2.51. The summed E-state index contributed by atoms with van der Waals surface area (Å²) in [6.45, 7) is 2.92. The summed E-state index contributed by atoms with van der Waals surface area (Å²) in [7, 11) is 0. The predicted molar refractivity (Wildman–Crippen MR) is 83.7 cm³/mol. The van der Waals surface area contributed by atoms with E-state index in [1.165, 1.54) is 4.68 Å². The Balaban J connectivity index is 2.20. The number of hydrogen-bond donors (Lipinski definition) is 0. The van der Waals surface area contributed by atoms with Crippen molar-refractivity contribution in [1.82, 2.24) is 9.36 Å². The van der Waals surface area contributed by atoms with Crippen LogP contribution < -0.4 is 11.1 Å². The minimum absolute atomic E-state index is 0.0946. The molecule has 3 aromatic rings. The van der Waals surface area contributed by atoms with Gasteiger partial charge in [-0.3, -0.25) is 9.59 Å². The number of rotatable bonds is 0. The molecule has 0 unspecified atom stereocenters. The number of nitrogens with zero attached hydrogens (tertiary/aromatic N) is 2. The van der Waals surface area contributed by atoms with E-state index in [2.05, 4.69) is 0 Å². The van der Waals surface area contributed by atoms with Gasteiger partial charge in [0.15, 0.2) is 0 Å². The molecule has 4 heteroatoms. The maximum Gasteiger partial charge on any atom is 0.273 e. The highest BCUT2D eigenvalue weighted by Crippen LogP contribution is 2.19. The van der Waals surface area contributed by atoms with Gasteiger partial charge in [-0.2, -0.15) is 0 Å². The van der Waals surface area contributed by atoms with Crippen LogP contribution in [-0.4, -0.2) is 9.36 Å². The van der Waals surface area contributed by atoms with Gasteiger partial charge in [0.1, 0.15) is 0 Å². The summed E-state index contributed by atoms with van der Waals surface area (Å²) >= 11 is 0. The Morgan fingerprint density at radius 1 is 0.905 bits per heavy atom. The molecule has 4 rings (SSSR count). The molecule has 0 bridgehead atoms. The van der Waals surface area contributed by atoms with Crippen molar-refractivity contribution < 1.29 is 0 Å². The fraction of sp³-hybridized carbons (Fsp3) is 0.176. The highest BCUT2D eigenvalue weighted by atomic mass is 16.2. The van der Waals surface area contributed by atoms with Crippen molar-refractivity contribution >= 4 is 21.5 Å². The number of aromatic nitrogens is 2. The lowest BCUT2D eigenvalue weighted by atomic mass is 10.1. The van der Waals surface area contributed by atoms with Gasteiger partial charge in [0.25, 0.3) is 11.1 Å². The van der Waals surface area contributed by atoms with Crippen molar-refractivity contribution in [1.29, 1.82) is 0 Å². The SMILES string of the molecule is CC1=CCn2c(=O)c3cc4ccccc4cc3c(=O)n2C1. The molecular formula is C17H14N2O2. The quantitative estimate of drug-likeness (QED) is 0.468. The van der Waals surface area contributed by atoms with Crippen molar-refractivity contribution in [3.8, 4) is 0 Å². The lowest BCUT2D eigenvalue weighted by Crippen LogP contribution is -2.40. The third kappa shape index (κ3) is 1.69. The molecule has 0 radical (unpaired) electrons. The highest BCUT2D eigenvalue weighted by molar-refractivity contribution is 5.97. The molecule has 1 aromatic heterocycles. The zero-order valence-corrected chi connectivity index (χ0v) is 11.7. The van der Waals surface area contributed by atoms with Gasteiger partial charge in [0.2, 0.25) is 0 Å². The van der Waals surface area contributed by atoms with Gasteiger partial charge in [-0.05, 0) is 29.8 Å². The van der Waals surface area contributed by atoms with E-state index in [4.69, 9.17) is 0 Å². The standard InChI is InChI=1S/C17H14N2O2/c1-11-6-7-18-16(20)14-8-12-4-2-3-5-13(12)9-15(14)17(21)19(18)10-11/h2-6,8-9H,7,10H2,1H3. The molecule has 2 aromatic carbocycles. The van der Waals surface area contributed by atoms with Gasteiger partial charge < -0.3 is 0 Å². The van der Waals surface area contributed by atoms with Crippen LogP contribution in [-0.2, 0) is 13.1 Å². The first kappa shape index (κ1) is 12.1. The first-order chi connectivity index (χ1) is 10.1. The smallest absolute Gasteiger partial charge is 0.267 e. The highest BCUT2D eigenvalue weighted by Gasteiger charge is 2.16. The normalized spacial score (nSPS) is 14.2. The average molecular weight is 278 g/mol. The molecule has 0 atom stereocenters. The van der Waals surface area contributed by atoms with Crippen LogP contribution in [0.25, 0.3) is 21.5 Å². The van der Waals surface area contributed by atoms with Crippen molar-refractivity contribution in [2.24, 2.45) is 0 Å². The van der Waals surface area contributed by atoms with Gasteiger partial charge in [-0.1, -0.05) is 35.9 Å². The summed E-state index contributed by atoms with van der Waals surface area (Å²) < 4.78 is 3.08. The van der Waals surface area contributed by atoms with E-state index >= 15 is 0 Å². The molecule has 0 saturated carbocycles. The molecule has 21 heavy (non-hydrogen) atoms. The van der Waals surface area contributed by atoms with Crippen molar-refractivity contribution in [2.75, 3.05) is 0 Å². The van der Waals surface area contributed by atoms with E-state index in [0.29, 0.717) is 23.9 Å². The molecule has 0 amide bonds. The van der Waals surface area contributed by atoms with Gasteiger partial charge in [-0.15, -0.1) is 0 Å². The van der Waals surface area contributed by atoms with Crippen LogP contribution in [0.15, 0.2) is 57.6 Å². The topological polar surface area (TPSA) is 44.0 Å². The zero-order valence-electron chi connectivity index (χ0n) is 11.7. The van der Waals surface area contributed by atoms with Crippen molar-refractivity contribution in [3.63, 3.8) is 0 Å². The predicted octanol–water partition coefficient (Wildman–Crippen LogP) is 2.28. The molecule has 104 valence electrons. The Labute approximate surface area is 120 Å². The Morgan fingerprint density at radius 3 is 2.10 bits per heavy atom. The summed E-state index contributed by atoms with van der Waals surface area (Å²) in [6.07, 6.45) is 1.99. The molecule has 2 heterocycles. The Hall–Kier alpha value is -2.62. The van der Waals surface area contributed by atoms with E-state index in [1.807, 2.05) is 49.4 Å². The number of allylic oxidation sites excluding steroid dienone is 2. The maximum absolute atomic E-state index is 12.7. The van der Waals surface area contributed by atoms with Crippen LogP contribution in [0.4, 0.5) is 0 Å². The van der Waals surface area contributed by atoms with E-state index < -0.39 is 0 Å². The second kappa shape index (κ2) is 4.19. The first-order valence-corrected chi connectivity index (χ1v) is 6.97. The molecule has 4 nitrogen and oxygen atoms in total. The van der Waals surface area contributed by atoms with E-state index in [0.717, 1.165) is 16.3 Å². The fourth-order valence-corrected chi connectivity index (χ4v) is 2.97. The van der Waals surface area contributed by atoms with Gasteiger partial charge in [0.05, 0.1) is 23.9 Å². The Morgan fingerprint density at radius 2 is 1.48 bits per heavy atom. The van der Waals surface area contributed by atoms with Crippen LogP contribution in [0, 0.1) is 0 Å². The first-order valence-electron chi connectivity index (χ1n) is 6.97. The molecular weight excluding hydrogens is 264 g/mol. The number of fused-ring (bicyclic) bond motifs is 3. The second-order valence-corrected chi connectivity index (χ2v) is 5.55. The third-order valence-electron chi connectivity index (χ3n) is 4.12. The van der Waals surface area contributed by atoms with E-state index in [1.54, 1.807) is 4.68 Å². The summed E-state index contributed by atoms with van der Waals surface area (Å²) in [4.78, 5) is 25.3. The molecule has 0 spiro atoms. The molecule has 1 aliphatic heterocycles. The minimum Gasteiger partial charge on any atom is -0.267 e. The fourth-order valence-electron chi connectivity index (χ4n) is 2.97. The van der Waals surface area contributed by atoms with Crippen LogP contribution >= 0.6 is 0 Å². The van der Waals surface area contributed by atoms with Crippen LogP contribution in [0.2, 0.25) is 0 Å². The van der Waals surface area contributed by atoms with E-state index in [-0.39, 0.29) is 11.1 Å². The summed E-state index contributed by atoms with van der Waals surface area (Å²) in [5.74, 6) is 0. The monoisotopic (exact) mass is 278 g/mol. The Kier molecular flexibility index (Phi) is 2.42. The minimum atomic E-state index is -0.0981. The maximum atomic E-state index is 12.7. The summed E-state index contributed by atoms with van der Waals surface area (Å²) in [5, 5.41) is 2.97. The largest absolute Gasteiger partial charge is 0.273 e. The van der Waals surface area contributed by atoms with Gasteiger partial charge >= 0.3 is 0 Å². The van der Waals surface area contributed by atoms with Gasteiger partial charge in [0, 0.05) is 0 Å². The Bertz CT molecular complexity index is 1040. The van der Waals surface area contributed by atoms with Gasteiger partial charge in [-0.25, -0.2) is 9.36 Å². The van der Waals surface area contributed by atoms with Crippen LogP contribution in [0.3, 0.4) is 0 Å². The molecule has 0 aliphatic carbocycles. The molecule has 1 aliphatic rings. The third-order valence-corrected chi connectivity index (χ3v) is 4.12. The molecule has 0 fully saturated rings. The van der Waals surface area contributed by atoms with Crippen LogP contribution in [0.1, 0.15) is 6.92 Å². The number of hydrogen-bond acceptors (Lipinski definition) is 2. The summed E-state index contributed by atoms with van der Waals surface area (Å²) in [6, 6.07) is 11.4. The molecule has 0 saturated heterocycles. The number of benzene rings is 2. The zero-order chi connectivity index (χ0) is 14.6. The van der Waals surface area contributed by atoms with E-state index in [9.17, 15) is 9.59 Å². The van der Waals surface area contributed by atoms with Crippen molar-refractivity contribution in [2.45, 2.75) is 20.0 Å². The summed E-state index contributed by atoms with van der Waals surface area (Å²) in [5.41, 5.74) is 0.915. The lowest BCUT2D eigenvalue weighted by Gasteiger charge is -2.20. The van der Waals surface area contributed by atoms with Crippen molar-refractivity contribution in [3.05, 3.63) is 68.8 Å². The van der Waals surface area contributed by atoms with Crippen LogP contribution in [0.5, 0.6) is 0 Å². The second-order valence-electron chi connectivity index (χ2n) is 5.55. The lowest BCUT2D eigenvalue weighted by molar-refractivity contribution is 0.451.